The number of carbonyl (C=O) groups is 1. The molecular formula is C30H31BrN2O6S. The summed E-state index contributed by atoms with van der Waals surface area (Å²) in [5.41, 5.74) is 4.19. The van der Waals surface area contributed by atoms with Crippen molar-refractivity contribution in [2.24, 2.45) is 5.16 Å². The van der Waals surface area contributed by atoms with Gasteiger partial charge in [0.1, 0.15) is 25.2 Å². The van der Waals surface area contributed by atoms with E-state index in [9.17, 15) is 9.59 Å². The fourth-order valence-corrected chi connectivity index (χ4v) is 5.69. The maximum Gasteiger partial charge on any atom is 0.335 e. The lowest BCUT2D eigenvalue weighted by Gasteiger charge is -2.16. The highest BCUT2D eigenvalue weighted by Crippen LogP contribution is 2.25. The van der Waals surface area contributed by atoms with Gasteiger partial charge in [-0.05, 0) is 49.7 Å². The number of halogens is 1. The lowest BCUT2D eigenvalue weighted by molar-refractivity contribution is -0.156. The number of fused-ring (bicyclic) bond motifs is 1. The summed E-state index contributed by atoms with van der Waals surface area (Å²) < 4.78 is 20.1. The SMILES string of the molecule is CCOC(=O)C(Cc1ccc(OCCn2c(=O)sc3cc(C(=NOC)c4ccccc4Br)ccc32)cc1)OCC. The van der Waals surface area contributed by atoms with E-state index in [0.717, 1.165) is 31.4 Å². The molecular weight excluding hydrogens is 596 g/mol. The standard InChI is InChI=1S/C30H31BrN2O6S/c1-4-37-26(29(34)38-5-2)18-20-10-13-22(14-11-20)39-17-16-33-25-15-12-21(19-27(25)40-30(33)35)28(32-36-3)23-8-6-7-9-24(23)31/h6-15,19,26H,4-5,16-18H2,1-3H3. The Kier molecular flexibility index (Phi) is 10.5. The number of aromatic nitrogens is 1. The molecule has 10 heteroatoms. The highest BCUT2D eigenvalue weighted by Gasteiger charge is 2.20. The van der Waals surface area contributed by atoms with Crippen LogP contribution in [0.5, 0.6) is 5.75 Å². The van der Waals surface area contributed by atoms with Gasteiger partial charge in [-0.15, -0.1) is 0 Å². The van der Waals surface area contributed by atoms with Crippen molar-refractivity contribution in [3.63, 3.8) is 0 Å². The summed E-state index contributed by atoms with van der Waals surface area (Å²) in [6.45, 7) is 5.09. The molecule has 0 saturated carbocycles. The van der Waals surface area contributed by atoms with Crippen molar-refractivity contribution < 1.29 is 23.8 Å². The van der Waals surface area contributed by atoms with Gasteiger partial charge in [-0.2, -0.15) is 0 Å². The lowest BCUT2D eigenvalue weighted by Crippen LogP contribution is -2.28. The maximum absolute atomic E-state index is 12.8. The summed E-state index contributed by atoms with van der Waals surface area (Å²) in [6, 6.07) is 21.1. The highest BCUT2D eigenvalue weighted by atomic mass is 79.9. The zero-order valence-corrected chi connectivity index (χ0v) is 25.0. The molecule has 0 saturated heterocycles. The predicted octanol–water partition coefficient (Wildman–Crippen LogP) is 5.81. The molecule has 3 aromatic carbocycles. The van der Waals surface area contributed by atoms with Gasteiger partial charge in [0.15, 0.2) is 6.10 Å². The molecule has 0 aliphatic rings. The number of ether oxygens (including phenoxy) is 3. The molecule has 1 atom stereocenters. The summed E-state index contributed by atoms with van der Waals surface area (Å²) in [4.78, 5) is 30.0. The summed E-state index contributed by atoms with van der Waals surface area (Å²) in [5, 5.41) is 4.25. The van der Waals surface area contributed by atoms with Crippen LogP contribution >= 0.6 is 27.3 Å². The molecule has 210 valence electrons. The maximum atomic E-state index is 12.8. The second-order valence-corrected chi connectivity index (χ2v) is 10.5. The zero-order valence-electron chi connectivity index (χ0n) is 22.6. The topological polar surface area (TPSA) is 88.4 Å². The van der Waals surface area contributed by atoms with E-state index in [4.69, 9.17) is 19.0 Å². The molecule has 1 unspecified atom stereocenters. The first-order valence-electron chi connectivity index (χ1n) is 12.9. The molecule has 0 radical (unpaired) electrons. The van der Waals surface area contributed by atoms with Crippen molar-refractivity contribution in [3.8, 4) is 5.75 Å². The van der Waals surface area contributed by atoms with Gasteiger partial charge in [0.05, 0.1) is 23.4 Å². The van der Waals surface area contributed by atoms with Gasteiger partial charge in [-0.3, -0.25) is 9.36 Å². The number of hydrogen-bond donors (Lipinski definition) is 0. The first-order valence-corrected chi connectivity index (χ1v) is 14.6. The van der Waals surface area contributed by atoms with Crippen molar-refractivity contribution in [1.82, 2.24) is 4.57 Å². The molecule has 0 fully saturated rings. The smallest absolute Gasteiger partial charge is 0.335 e. The van der Waals surface area contributed by atoms with Crippen LogP contribution in [0.4, 0.5) is 0 Å². The summed E-state index contributed by atoms with van der Waals surface area (Å²) in [7, 11) is 1.51. The minimum Gasteiger partial charge on any atom is -0.492 e. The Morgan fingerprint density at radius 2 is 1.82 bits per heavy atom. The molecule has 0 amide bonds. The van der Waals surface area contributed by atoms with E-state index in [1.807, 2.05) is 73.7 Å². The molecule has 40 heavy (non-hydrogen) atoms. The third-order valence-electron chi connectivity index (χ3n) is 6.10. The molecule has 1 aromatic heterocycles. The Hall–Kier alpha value is -3.47. The van der Waals surface area contributed by atoms with Crippen molar-refractivity contribution in [1.29, 1.82) is 0 Å². The summed E-state index contributed by atoms with van der Waals surface area (Å²) in [6.07, 6.45) is -0.217. The van der Waals surface area contributed by atoms with Gasteiger partial charge in [-0.1, -0.05) is 68.8 Å². The van der Waals surface area contributed by atoms with Crippen LogP contribution < -0.4 is 9.61 Å². The van der Waals surface area contributed by atoms with Crippen LogP contribution in [0.2, 0.25) is 0 Å². The second kappa shape index (κ2) is 14.2. The number of carbonyl (C=O) groups excluding carboxylic acids is 1. The average molecular weight is 628 g/mol. The monoisotopic (exact) mass is 626 g/mol. The van der Waals surface area contributed by atoms with E-state index in [2.05, 4.69) is 21.1 Å². The number of benzene rings is 3. The molecule has 0 aliphatic heterocycles. The Balaban J connectivity index is 1.43. The van der Waals surface area contributed by atoms with E-state index < -0.39 is 6.10 Å². The van der Waals surface area contributed by atoms with Gasteiger partial charge in [0.2, 0.25) is 0 Å². The van der Waals surface area contributed by atoms with Crippen LogP contribution in [0.25, 0.3) is 10.2 Å². The summed E-state index contributed by atoms with van der Waals surface area (Å²) in [5.74, 6) is 0.317. The largest absolute Gasteiger partial charge is 0.492 e. The van der Waals surface area contributed by atoms with Crippen LogP contribution in [-0.4, -0.2) is 49.3 Å². The zero-order chi connectivity index (χ0) is 28.5. The van der Waals surface area contributed by atoms with Crippen LogP contribution in [0.1, 0.15) is 30.5 Å². The van der Waals surface area contributed by atoms with Gasteiger partial charge in [0, 0.05) is 28.6 Å². The fourth-order valence-electron chi connectivity index (χ4n) is 4.26. The van der Waals surface area contributed by atoms with Crippen LogP contribution in [0.3, 0.4) is 0 Å². The second-order valence-electron chi connectivity index (χ2n) is 8.70. The average Bonchev–Trinajstić information content (AvgIpc) is 3.27. The highest BCUT2D eigenvalue weighted by molar-refractivity contribution is 9.10. The lowest BCUT2D eigenvalue weighted by atomic mass is 10.0. The summed E-state index contributed by atoms with van der Waals surface area (Å²) >= 11 is 4.77. The van der Waals surface area contributed by atoms with E-state index >= 15 is 0 Å². The van der Waals surface area contributed by atoms with Gasteiger partial charge in [0.25, 0.3) is 0 Å². The van der Waals surface area contributed by atoms with Gasteiger partial charge < -0.3 is 19.0 Å². The molecule has 8 nitrogen and oxygen atoms in total. The van der Waals surface area contributed by atoms with E-state index in [1.165, 1.54) is 18.4 Å². The Bertz CT molecular complexity index is 1530. The molecule has 0 bridgehead atoms. The minimum absolute atomic E-state index is 0.0573. The van der Waals surface area contributed by atoms with E-state index in [-0.39, 0.29) is 10.8 Å². The number of nitrogens with zero attached hydrogens (tertiary/aromatic N) is 2. The van der Waals surface area contributed by atoms with Gasteiger partial charge in [-0.25, -0.2) is 4.79 Å². The van der Waals surface area contributed by atoms with Crippen molar-refractivity contribution in [3.05, 3.63) is 97.6 Å². The molecule has 0 N–H and O–H groups in total. The van der Waals surface area contributed by atoms with Crippen molar-refractivity contribution in [2.75, 3.05) is 26.9 Å². The molecule has 1 heterocycles. The van der Waals surface area contributed by atoms with Gasteiger partial charge >= 0.3 is 10.8 Å². The predicted molar refractivity (Wildman–Crippen MR) is 161 cm³/mol. The molecule has 4 aromatic rings. The number of thiazole rings is 1. The van der Waals surface area contributed by atoms with Crippen molar-refractivity contribution in [2.45, 2.75) is 32.9 Å². The number of hydrogen-bond acceptors (Lipinski definition) is 8. The molecule has 0 aliphatic carbocycles. The fraction of sp³-hybridized carbons (Fsp3) is 0.300. The third-order valence-corrected chi connectivity index (χ3v) is 7.73. The quantitative estimate of drug-likeness (QED) is 0.106. The minimum atomic E-state index is -0.637. The third kappa shape index (κ3) is 7.18. The van der Waals surface area contributed by atoms with Crippen LogP contribution in [0, 0.1) is 0 Å². The Morgan fingerprint density at radius 1 is 1.05 bits per heavy atom. The first-order chi connectivity index (χ1) is 19.4. The van der Waals surface area contributed by atoms with Crippen LogP contribution in [-0.2, 0) is 32.1 Å². The van der Waals surface area contributed by atoms with Crippen molar-refractivity contribution >= 4 is 49.2 Å². The normalized spacial score (nSPS) is 12.3. The Labute approximate surface area is 245 Å². The number of oxime groups is 1. The van der Waals surface area contributed by atoms with E-state index in [1.54, 1.807) is 11.5 Å². The molecule has 4 rings (SSSR count). The Morgan fingerprint density at radius 3 is 2.52 bits per heavy atom. The number of esters is 1. The molecule has 0 spiro atoms. The first kappa shape index (κ1) is 29.5. The van der Waals surface area contributed by atoms with Crippen LogP contribution in [0.15, 0.2) is 81.2 Å². The van der Waals surface area contributed by atoms with E-state index in [0.29, 0.717) is 44.2 Å². The number of rotatable bonds is 13.